The van der Waals surface area contributed by atoms with Crippen molar-refractivity contribution in [1.82, 2.24) is 0 Å². The maximum atomic E-state index is 12.0. The number of methoxy groups -OCH3 is 1. The van der Waals surface area contributed by atoms with Crippen molar-refractivity contribution in [3.63, 3.8) is 0 Å². The number of primary amides is 1. The zero-order chi connectivity index (χ0) is 16.1. The molecule has 1 heterocycles. The molecule has 0 atom stereocenters. The normalized spacial score (nSPS) is 10.3. The van der Waals surface area contributed by atoms with Crippen LogP contribution in [-0.4, -0.2) is 18.9 Å². The number of carbonyl (C=O) groups excluding carboxylic acids is 2. The number of nitrogens with two attached hydrogens (primary N) is 1. The molecule has 3 N–H and O–H groups in total. The van der Waals surface area contributed by atoms with E-state index < -0.39 is 5.91 Å². The molecule has 0 saturated carbocycles. The van der Waals surface area contributed by atoms with E-state index in [9.17, 15) is 9.59 Å². The van der Waals surface area contributed by atoms with Gasteiger partial charge >= 0.3 is 0 Å². The monoisotopic (exact) mass is 338 g/mol. The summed E-state index contributed by atoms with van der Waals surface area (Å²) in [5, 5.41) is 5.24. The number of anilines is 1. The van der Waals surface area contributed by atoms with E-state index in [1.165, 1.54) is 24.5 Å². The number of amides is 2. The predicted molar refractivity (Wildman–Crippen MR) is 87.8 cm³/mol. The summed E-state index contributed by atoms with van der Waals surface area (Å²) < 4.78 is 5.16. The summed E-state index contributed by atoms with van der Waals surface area (Å²) in [6.45, 7) is 0. The number of hydrogen-bond acceptors (Lipinski definition) is 4. The lowest BCUT2D eigenvalue weighted by atomic mass is 10.1. The first kappa shape index (κ1) is 16.3. The summed E-state index contributed by atoms with van der Waals surface area (Å²) in [6, 6.07) is 6.48. The fourth-order valence-corrected chi connectivity index (χ4v) is 2.97. The number of benzene rings is 1. The van der Waals surface area contributed by atoms with E-state index in [4.69, 9.17) is 22.1 Å². The van der Waals surface area contributed by atoms with Crippen LogP contribution in [0.25, 0.3) is 0 Å². The number of nitrogens with one attached hydrogen (secondary N) is 1. The van der Waals surface area contributed by atoms with Gasteiger partial charge in [-0.1, -0.05) is 11.6 Å². The molecule has 0 bridgehead atoms. The molecule has 1 aromatic heterocycles. The smallest absolute Gasteiger partial charge is 0.248 e. The number of carbonyl (C=O) groups is 2. The molecule has 0 unspecified atom stereocenters. The summed E-state index contributed by atoms with van der Waals surface area (Å²) in [5.74, 6) is -0.270. The molecule has 2 rings (SSSR count). The molecule has 0 aliphatic heterocycles. The van der Waals surface area contributed by atoms with E-state index in [-0.39, 0.29) is 5.91 Å². The maximum Gasteiger partial charge on any atom is 0.248 e. The first-order valence-electron chi connectivity index (χ1n) is 6.50. The number of aryl methyl sites for hydroxylation is 1. The Morgan fingerprint density at radius 1 is 1.36 bits per heavy atom. The molecule has 2 aromatic rings. The van der Waals surface area contributed by atoms with Crippen LogP contribution in [0.1, 0.15) is 21.7 Å². The third-order valence-electron chi connectivity index (χ3n) is 2.98. The molecule has 116 valence electrons. The topological polar surface area (TPSA) is 81.4 Å². The van der Waals surface area contributed by atoms with Crippen molar-refractivity contribution in [2.24, 2.45) is 5.73 Å². The summed E-state index contributed by atoms with van der Waals surface area (Å²) in [6.07, 6.45) is 0.905. The molecule has 5 nitrogen and oxygen atoms in total. The van der Waals surface area contributed by atoms with Crippen LogP contribution in [0.2, 0.25) is 5.02 Å². The van der Waals surface area contributed by atoms with Crippen LogP contribution >= 0.6 is 22.9 Å². The third-order valence-corrected chi connectivity index (χ3v) is 4.32. The Balaban J connectivity index is 2.03. The van der Waals surface area contributed by atoms with E-state index in [0.29, 0.717) is 34.9 Å². The first-order chi connectivity index (χ1) is 10.5. The van der Waals surface area contributed by atoms with Crippen LogP contribution in [-0.2, 0) is 11.2 Å². The van der Waals surface area contributed by atoms with Gasteiger partial charge in [0.2, 0.25) is 11.8 Å². The molecule has 0 radical (unpaired) electrons. The minimum absolute atomic E-state index is 0.176. The van der Waals surface area contributed by atoms with Gasteiger partial charge in [-0.3, -0.25) is 9.59 Å². The van der Waals surface area contributed by atoms with Crippen LogP contribution in [0.4, 0.5) is 5.69 Å². The van der Waals surface area contributed by atoms with Gasteiger partial charge in [-0.15, -0.1) is 11.3 Å². The number of halogens is 1. The molecule has 0 spiro atoms. The minimum Gasteiger partial charge on any atom is -0.495 e. The lowest BCUT2D eigenvalue weighted by Crippen LogP contribution is -2.15. The Labute approximate surface area is 137 Å². The summed E-state index contributed by atoms with van der Waals surface area (Å²) in [7, 11) is 1.49. The highest BCUT2D eigenvalue weighted by Gasteiger charge is 2.11. The Bertz CT molecular complexity index is 700. The molecule has 0 aliphatic carbocycles. The third kappa shape index (κ3) is 4.22. The van der Waals surface area contributed by atoms with E-state index in [1.54, 1.807) is 12.1 Å². The van der Waals surface area contributed by atoms with Gasteiger partial charge in [-0.2, -0.15) is 0 Å². The number of ether oxygens (including phenoxy) is 1. The fourth-order valence-electron chi connectivity index (χ4n) is 1.89. The summed E-state index contributed by atoms with van der Waals surface area (Å²) in [5.41, 5.74) is 5.97. The van der Waals surface area contributed by atoms with Crippen molar-refractivity contribution in [2.75, 3.05) is 12.4 Å². The second-order valence-corrected chi connectivity index (χ2v) is 5.99. The molecule has 0 saturated heterocycles. The number of thiophene rings is 1. The highest BCUT2D eigenvalue weighted by atomic mass is 35.5. The van der Waals surface area contributed by atoms with Crippen molar-refractivity contribution in [3.05, 3.63) is 45.1 Å². The van der Waals surface area contributed by atoms with Crippen molar-refractivity contribution < 1.29 is 14.3 Å². The van der Waals surface area contributed by atoms with Crippen LogP contribution in [0, 0.1) is 0 Å². The highest BCUT2D eigenvalue weighted by Crippen LogP contribution is 2.26. The van der Waals surface area contributed by atoms with E-state index in [1.807, 2.05) is 11.4 Å². The molecule has 0 fully saturated rings. The molecule has 2 amide bonds. The maximum absolute atomic E-state index is 12.0. The van der Waals surface area contributed by atoms with E-state index in [0.717, 1.165) is 4.88 Å². The van der Waals surface area contributed by atoms with Crippen LogP contribution < -0.4 is 15.8 Å². The zero-order valence-electron chi connectivity index (χ0n) is 11.9. The standard InChI is InChI=1S/C15H15ClN2O3S/c1-21-13-4-2-9(15(17)20)6-12(13)18-14(19)5-3-11-7-10(16)8-22-11/h2,4,6-8H,3,5H2,1H3,(H2,17,20)(H,18,19). The Kier molecular flexibility index (Phi) is 5.41. The van der Waals surface area contributed by atoms with E-state index >= 15 is 0 Å². The average molecular weight is 339 g/mol. The quantitative estimate of drug-likeness (QED) is 0.849. The summed E-state index contributed by atoms with van der Waals surface area (Å²) in [4.78, 5) is 24.3. The molecule has 0 aliphatic rings. The molecule has 7 heteroatoms. The van der Waals surface area contributed by atoms with Crippen molar-refractivity contribution in [3.8, 4) is 5.75 Å². The van der Waals surface area contributed by atoms with Gasteiger partial charge in [0.25, 0.3) is 0 Å². The second kappa shape index (κ2) is 7.29. The lowest BCUT2D eigenvalue weighted by molar-refractivity contribution is -0.116. The van der Waals surface area contributed by atoms with Gasteiger partial charge in [0.15, 0.2) is 0 Å². The zero-order valence-corrected chi connectivity index (χ0v) is 13.5. The first-order valence-corrected chi connectivity index (χ1v) is 7.76. The Morgan fingerprint density at radius 2 is 2.14 bits per heavy atom. The van der Waals surface area contributed by atoms with Crippen LogP contribution in [0.3, 0.4) is 0 Å². The predicted octanol–water partition coefficient (Wildman–Crippen LogP) is 3.08. The van der Waals surface area contributed by atoms with Crippen molar-refractivity contribution in [1.29, 1.82) is 0 Å². The van der Waals surface area contributed by atoms with Gasteiger partial charge in [-0.25, -0.2) is 0 Å². The van der Waals surface area contributed by atoms with Crippen molar-refractivity contribution >= 4 is 40.4 Å². The fraction of sp³-hybridized carbons (Fsp3) is 0.200. The molecule has 22 heavy (non-hydrogen) atoms. The van der Waals surface area contributed by atoms with Gasteiger partial charge < -0.3 is 15.8 Å². The molecule has 1 aromatic carbocycles. The largest absolute Gasteiger partial charge is 0.495 e. The second-order valence-electron chi connectivity index (χ2n) is 4.56. The number of hydrogen-bond donors (Lipinski definition) is 2. The highest BCUT2D eigenvalue weighted by molar-refractivity contribution is 7.10. The average Bonchev–Trinajstić information content (AvgIpc) is 2.90. The molecular weight excluding hydrogens is 324 g/mol. The number of rotatable bonds is 6. The summed E-state index contributed by atoms with van der Waals surface area (Å²) >= 11 is 7.36. The van der Waals surface area contributed by atoms with Crippen molar-refractivity contribution in [2.45, 2.75) is 12.8 Å². The Hall–Kier alpha value is -2.05. The SMILES string of the molecule is COc1ccc(C(N)=O)cc1NC(=O)CCc1cc(Cl)cs1. The van der Waals surface area contributed by atoms with Crippen LogP contribution in [0.15, 0.2) is 29.6 Å². The van der Waals surface area contributed by atoms with Crippen LogP contribution in [0.5, 0.6) is 5.75 Å². The van der Waals surface area contributed by atoms with Gasteiger partial charge in [0.05, 0.1) is 17.8 Å². The van der Waals surface area contributed by atoms with Gasteiger partial charge in [0.1, 0.15) is 5.75 Å². The van der Waals surface area contributed by atoms with E-state index in [2.05, 4.69) is 5.32 Å². The lowest BCUT2D eigenvalue weighted by Gasteiger charge is -2.11. The van der Waals surface area contributed by atoms with Gasteiger partial charge in [0, 0.05) is 22.2 Å². The Morgan fingerprint density at radius 3 is 2.73 bits per heavy atom. The molecular formula is C15H15ClN2O3S. The van der Waals surface area contributed by atoms with Gasteiger partial charge in [-0.05, 0) is 30.7 Å². The minimum atomic E-state index is -0.564.